The molecule has 0 unspecified atom stereocenters. The standard InChI is InChI=1S/C18H22N4O3/c23-17(13-22-16(18(24)25)8-9-19-22)20-15-6-4-14(5-7-15)12-21-10-2-1-3-11-21/h4-9H,1-3,10-13H2,(H,20,23)(H,24,25). The van der Waals surface area contributed by atoms with Gasteiger partial charge in [-0.05, 0) is 49.7 Å². The molecule has 2 N–H and O–H groups in total. The summed E-state index contributed by atoms with van der Waals surface area (Å²) in [6, 6.07) is 9.14. The van der Waals surface area contributed by atoms with E-state index in [1.54, 1.807) is 0 Å². The fourth-order valence-electron chi connectivity index (χ4n) is 3.05. The third-order valence-electron chi connectivity index (χ3n) is 4.32. The van der Waals surface area contributed by atoms with E-state index in [9.17, 15) is 9.59 Å². The van der Waals surface area contributed by atoms with Crippen LogP contribution in [0.3, 0.4) is 0 Å². The molecule has 1 fully saturated rings. The van der Waals surface area contributed by atoms with Crippen LogP contribution in [0.5, 0.6) is 0 Å². The maximum Gasteiger partial charge on any atom is 0.354 e. The predicted octanol–water partition coefficient (Wildman–Crippen LogP) is 2.21. The summed E-state index contributed by atoms with van der Waals surface area (Å²) >= 11 is 0. The van der Waals surface area contributed by atoms with Crippen molar-refractivity contribution in [3.05, 3.63) is 47.8 Å². The number of nitrogens with one attached hydrogen (secondary N) is 1. The Hall–Kier alpha value is -2.67. The van der Waals surface area contributed by atoms with Crippen LogP contribution < -0.4 is 5.32 Å². The number of nitrogens with zero attached hydrogens (tertiary/aromatic N) is 3. The summed E-state index contributed by atoms with van der Waals surface area (Å²) in [7, 11) is 0. The summed E-state index contributed by atoms with van der Waals surface area (Å²) < 4.78 is 1.17. The molecular weight excluding hydrogens is 320 g/mol. The van der Waals surface area contributed by atoms with Gasteiger partial charge in [-0.25, -0.2) is 9.48 Å². The van der Waals surface area contributed by atoms with Gasteiger partial charge < -0.3 is 10.4 Å². The summed E-state index contributed by atoms with van der Waals surface area (Å²) in [5.41, 5.74) is 1.91. The summed E-state index contributed by atoms with van der Waals surface area (Å²) in [6.07, 6.45) is 5.22. The minimum atomic E-state index is -1.10. The van der Waals surface area contributed by atoms with Gasteiger partial charge in [0, 0.05) is 18.4 Å². The molecule has 1 aromatic heterocycles. The van der Waals surface area contributed by atoms with Gasteiger partial charge in [0.15, 0.2) is 0 Å². The average molecular weight is 342 g/mol. The monoisotopic (exact) mass is 342 g/mol. The molecule has 2 aromatic rings. The van der Waals surface area contributed by atoms with Crippen molar-refractivity contribution in [2.75, 3.05) is 18.4 Å². The first-order valence-corrected chi connectivity index (χ1v) is 8.48. The van der Waals surface area contributed by atoms with Crippen LogP contribution in [0, 0.1) is 0 Å². The molecule has 1 aromatic carbocycles. The molecule has 3 rings (SSSR count). The molecule has 2 heterocycles. The molecule has 0 bridgehead atoms. The number of benzene rings is 1. The van der Waals surface area contributed by atoms with Crippen LogP contribution in [-0.4, -0.2) is 44.8 Å². The predicted molar refractivity (Wildman–Crippen MR) is 93.4 cm³/mol. The minimum absolute atomic E-state index is 0.00738. The number of anilines is 1. The zero-order valence-electron chi connectivity index (χ0n) is 14.0. The second-order valence-electron chi connectivity index (χ2n) is 6.26. The lowest BCUT2D eigenvalue weighted by Gasteiger charge is -2.26. The first kappa shape index (κ1) is 17.2. The van der Waals surface area contributed by atoms with E-state index >= 15 is 0 Å². The number of carbonyl (C=O) groups excluding carboxylic acids is 1. The molecule has 0 spiro atoms. The molecule has 0 radical (unpaired) electrons. The largest absolute Gasteiger partial charge is 0.477 e. The van der Waals surface area contributed by atoms with Crippen molar-refractivity contribution >= 4 is 17.6 Å². The lowest BCUT2D eigenvalue weighted by Crippen LogP contribution is -2.29. The fourth-order valence-corrected chi connectivity index (χ4v) is 3.05. The number of aromatic carboxylic acids is 1. The SMILES string of the molecule is O=C(Cn1nccc1C(=O)O)Nc1ccc(CN2CCCCC2)cc1. The Labute approximate surface area is 146 Å². The Kier molecular flexibility index (Phi) is 5.45. The van der Waals surface area contributed by atoms with E-state index < -0.39 is 5.97 Å². The van der Waals surface area contributed by atoms with E-state index in [1.807, 2.05) is 24.3 Å². The number of piperidine rings is 1. The van der Waals surface area contributed by atoms with Crippen molar-refractivity contribution < 1.29 is 14.7 Å². The van der Waals surface area contributed by atoms with Crippen molar-refractivity contribution in [1.82, 2.24) is 14.7 Å². The summed E-state index contributed by atoms with van der Waals surface area (Å²) in [5.74, 6) is -1.41. The number of hydrogen-bond acceptors (Lipinski definition) is 4. The lowest BCUT2D eigenvalue weighted by molar-refractivity contribution is -0.116. The summed E-state index contributed by atoms with van der Waals surface area (Å²) in [4.78, 5) is 25.6. The van der Waals surface area contributed by atoms with E-state index in [4.69, 9.17) is 5.11 Å². The Bertz CT molecular complexity index is 733. The minimum Gasteiger partial charge on any atom is -0.477 e. The average Bonchev–Trinajstić information content (AvgIpc) is 3.06. The number of carboxylic acid groups (broad SMARTS) is 1. The van der Waals surface area contributed by atoms with Gasteiger partial charge in [-0.1, -0.05) is 18.6 Å². The van der Waals surface area contributed by atoms with Crippen molar-refractivity contribution in [2.24, 2.45) is 0 Å². The molecule has 25 heavy (non-hydrogen) atoms. The second-order valence-corrected chi connectivity index (χ2v) is 6.26. The Morgan fingerprint density at radius 3 is 2.48 bits per heavy atom. The van der Waals surface area contributed by atoms with Crippen molar-refractivity contribution in [2.45, 2.75) is 32.4 Å². The van der Waals surface area contributed by atoms with Crippen LogP contribution in [0.15, 0.2) is 36.5 Å². The molecule has 0 atom stereocenters. The number of rotatable bonds is 6. The van der Waals surface area contributed by atoms with Crippen LogP contribution in [0.2, 0.25) is 0 Å². The Balaban J connectivity index is 1.54. The number of aromatic nitrogens is 2. The molecule has 1 saturated heterocycles. The molecule has 0 saturated carbocycles. The Morgan fingerprint density at radius 1 is 1.08 bits per heavy atom. The smallest absolute Gasteiger partial charge is 0.354 e. The van der Waals surface area contributed by atoms with E-state index in [0.29, 0.717) is 5.69 Å². The lowest BCUT2D eigenvalue weighted by atomic mass is 10.1. The number of carboxylic acids is 1. The number of amides is 1. The highest BCUT2D eigenvalue weighted by molar-refractivity contribution is 5.91. The van der Waals surface area contributed by atoms with E-state index in [1.165, 1.54) is 41.8 Å². The zero-order chi connectivity index (χ0) is 17.6. The van der Waals surface area contributed by atoms with Crippen LogP contribution in [-0.2, 0) is 17.9 Å². The summed E-state index contributed by atoms with van der Waals surface area (Å²) in [6.45, 7) is 3.09. The van der Waals surface area contributed by atoms with Crippen molar-refractivity contribution in [3.8, 4) is 0 Å². The quantitative estimate of drug-likeness (QED) is 0.840. The van der Waals surface area contributed by atoms with E-state index in [2.05, 4.69) is 15.3 Å². The normalized spacial score (nSPS) is 15.0. The highest BCUT2D eigenvalue weighted by atomic mass is 16.4. The van der Waals surface area contributed by atoms with Gasteiger partial charge in [0.25, 0.3) is 0 Å². The first-order valence-electron chi connectivity index (χ1n) is 8.48. The fraction of sp³-hybridized carbons (Fsp3) is 0.389. The van der Waals surface area contributed by atoms with Gasteiger partial charge >= 0.3 is 5.97 Å². The maximum atomic E-state index is 12.1. The summed E-state index contributed by atoms with van der Waals surface area (Å²) in [5, 5.41) is 15.7. The number of hydrogen-bond donors (Lipinski definition) is 2. The highest BCUT2D eigenvalue weighted by Crippen LogP contribution is 2.15. The number of likely N-dealkylation sites (tertiary alicyclic amines) is 1. The molecule has 132 valence electrons. The van der Waals surface area contributed by atoms with Gasteiger partial charge in [0.1, 0.15) is 12.2 Å². The first-order chi connectivity index (χ1) is 12.1. The van der Waals surface area contributed by atoms with E-state index in [-0.39, 0.29) is 18.1 Å². The molecule has 0 aliphatic carbocycles. The van der Waals surface area contributed by atoms with Crippen LogP contribution in [0.1, 0.15) is 35.3 Å². The third-order valence-corrected chi connectivity index (χ3v) is 4.32. The van der Waals surface area contributed by atoms with Crippen LogP contribution >= 0.6 is 0 Å². The molecule has 1 aliphatic rings. The van der Waals surface area contributed by atoms with E-state index in [0.717, 1.165) is 19.6 Å². The van der Waals surface area contributed by atoms with Gasteiger partial charge in [-0.2, -0.15) is 5.10 Å². The van der Waals surface area contributed by atoms with Crippen molar-refractivity contribution in [1.29, 1.82) is 0 Å². The molecule has 7 nitrogen and oxygen atoms in total. The Morgan fingerprint density at radius 2 is 1.80 bits per heavy atom. The maximum absolute atomic E-state index is 12.1. The number of carbonyl (C=O) groups is 2. The van der Waals surface area contributed by atoms with Crippen LogP contribution in [0.25, 0.3) is 0 Å². The van der Waals surface area contributed by atoms with Crippen LogP contribution in [0.4, 0.5) is 5.69 Å². The van der Waals surface area contributed by atoms with Crippen molar-refractivity contribution in [3.63, 3.8) is 0 Å². The van der Waals surface area contributed by atoms with Gasteiger partial charge in [-0.15, -0.1) is 0 Å². The zero-order valence-corrected chi connectivity index (χ0v) is 14.0. The van der Waals surface area contributed by atoms with Gasteiger partial charge in [0.05, 0.1) is 0 Å². The highest BCUT2D eigenvalue weighted by Gasteiger charge is 2.13. The molecular formula is C18H22N4O3. The molecule has 1 aliphatic heterocycles. The van der Waals surface area contributed by atoms with Gasteiger partial charge in [-0.3, -0.25) is 9.69 Å². The van der Waals surface area contributed by atoms with Gasteiger partial charge in [0.2, 0.25) is 5.91 Å². The topological polar surface area (TPSA) is 87.5 Å². The molecule has 1 amide bonds. The third kappa shape index (κ3) is 4.67. The molecule has 7 heteroatoms. The second kappa shape index (κ2) is 7.94.